The summed E-state index contributed by atoms with van der Waals surface area (Å²) in [6.45, 7) is 3.47. The molecular formula is C21H20ClFN2O4S. The molecule has 3 aromatic rings. The Kier molecular flexibility index (Phi) is 6.60. The quantitative estimate of drug-likeness (QED) is 0.560. The van der Waals surface area contributed by atoms with Gasteiger partial charge in [0.1, 0.15) is 17.3 Å². The van der Waals surface area contributed by atoms with Crippen LogP contribution in [0, 0.1) is 5.82 Å². The summed E-state index contributed by atoms with van der Waals surface area (Å²) >= 11 is 6.10. The number of amides is 1. The Labute approximate surface area is 179 Å². The lowest BCUT2D eigenvalue weighted by atomic mass is 10.2. The first-order chi connectivity index (χ1) is 14.2. The highest BCUT2D eigenvalue weighted by molar-refractivity contribution is 7.89. The monoisotopic (exact) mass is 450 g/mol. The number of carbonyl (C=O) groups is 1. The first kappa shape index (κ1) is 22.0. The maximum Gasteiger partial charge on any atom is 0.253 e. The summed E-state index contributed by atoms with van der Waals surface area (Å²) < 4.78 is 45.9. The van der Waals surface area contributed by atoms with Crippen LogP contribution in [0.3, 0.4) is 0 Å². The highest BCUT2D eigenvalue weighted by Gasteiger charge is 2.19. The SMILES string of the molecule is CC(C)NS(=O)(=O)c1ccc(Cl)c(C(=O)NCc2ccc(-c3ccc(F)cc3)o2)c1. The molecule has 0 aliphatic heterocycles. The van der Waals surface area contributed by atoms with Crippen molar-refractivity contribution in [2.75, 3.05) is 0 Å². The Bertz CT molecular complexity index is 1160. The van der Waals surface area contributed by atoms with Gasteiger partial charge in [-0.25, -0.2) is 17.5 Å². The number of benzene rings is 2. The molecule has 0 aliphatic rings. The number of furan rings is 1. The summed E-state index contributed by atoms with van der Waals surface area (Å²) in [5.74, 6) is 0.123. The summed E-state index contributed by atoms with van der Waals surface area (Å²) in [5.41, 5.74) is 0.737. The van der Waals surface area contributed by atoms with Crippen LogP contribution in [0.25, 0.3) is 11.3 Å². The lowest BCUT2D eigenvalue weighted by Crippen LogP contribution is -2.30. The van der Waals surface area contributed by atoms with E-state index in [4.69, 9.17) is 16.0 Å². The number of nitrogens with one attached hydrogen (secondary N) is 2. The second kappa shape index (κ2) is 8.99. The lowest BCUT2D eigenvalue weighted by molar-refractivity contribution is 0.0948. The normalized spacial score (nSPS) is 11.6. The van der Waals surface area contributed by atoms with E-state index in [0.29, 0.717) is 17.1 Å². The molecule has 0 bridgehead atoms. The molecular weight excluding hydrogens is 431 g/mol. The van der Waals surface area contributed by atoms with Crippen LogP contribution in [0.2, 0.25) is 5.02 Å². The predicted octanol–water partition coefficient (Wildman–Crippen LogP) is 4.36. The van der Waals surface area contributed by atoms with Crippen molar-refractivity contribution in [1.82, 2.24) is 10.0 Å². The van der Waals surface area contributed by atoms with E-state index < -0.39 is 15.9 Å². The molecule has 0 aliphatic carbocycles. The van der Waals surface area contributed by atoms with E-state index in [-0.39, 0.29) is 33.9 Å². The fraction of sp³-hybridized carbons (Fsp3) is 0.190. The maximum atomic E-state index is 13.0. The molecule has 0 saturated carbocycles. The van der Waals surface area contributed by atoms with Crippen molar-refractivity contribution >= 4 is 27.5 Å². The van der Waals surface area contributed by atoms with E-state index in [0.717, 1.165) is 0 Å². The number of rotatable bonds is 7. The standard InChI is InChI=1S/C21H20ClFN2O4S/c1-13(2)25-30(27,28)17-8-9-19(22)18(11-17)21(26)24-12-16-7-10-20(29-16)14-3-5-15(23)6-4-14/h3-11,13,25H,12H2,1-2H3,(H,24,26). The predicted molar refractivity (Wildman–Crippen MR) is 112 cm³/mol. The zero-order chi connectivity index (χ0) is 21.9. The summed E-state index contributed by atoms with van der Waals surface area (Å²) in [6, 6.07) is 12.9. The lowest BCUT2D eigenvalue weighted by Gasteiger charge is -2.11. The number of sulfonamides is 1. The highest BCUT2D eigenvalue weighted by Crippen LogP contribution is 2.23. The van der Waals surface area contributed by atoms with Crippen LogP contribution in [-0.4, -0.2) is 20.4 Å². The van der Waals surface area contributed by atoms with E-state index in [1.807, 2.05) is 0 Å². The summed E-state index contributed by atoms with van der Waals surface area (Å²) in [5, 5.41) is 2.78. The zero-order valence-corrected chi connectivity index (χ0v) is 17.9. The van der Waals surface area contributed by atoms with Gasteiger partial charge in [0.15, 0.2) is 0 Å². The summed E-state index contributed by atoms with van der Waals surface area (Å²) in [4.78, 5) is 12.5. The molecule has 0 fully saturated rings. The molecule has 0 saturated heterocycles. The molecule has 0 atom stereocenters. The van der Waals surface area contributed by atoms with Gasteiger partial charge in [-0.2, -0.15) is 0 Å². The van der Waals surface area contributed by atoms with Crippen LogP contribution in [0.1, 0.15) is 30.0 Å². The minimum absolute atomic E-state index is 0.0358. The molecule has 9 heteroatoms. The smallest absolute Gasteiger partial charge is 0.253 e. The van der Waals surface area contributed by atoms with Gasteiger partial charge < -0.3 is 9.73 Å². The second-order valence-electron chi connectivity index (χ2n) is 6.87. The van der Waals surface area contributed by atoms with Crippen molar-refractivity contribution in [2.45, 2.75) is 31.3 Å². The Morgan fingerprint density at radius 3 is 2.47 bits per heavy atom. The van der Waals surface area contributed by atoms with E-state index >= 15 is 0 Å². The largest absolute Gasteiger partial charge is 0.459 e. The Hall–Kier alpha value is -2.68. The summed E-state index contributed by atoms with van der Waals surface area (Å²) in [6.07, 6.45) is 0. The molecule has 0 unspecified atom stereocenters. The molecule has 2 aromatic carbocycles. The van der Waals surface area contributed by atoms with Crippen LogP contribution < -0.4 is 10.0 Å². The first-order valence-electron chi connectivity index (χ1n) is 9.10. The molecule has 3 rings (SSSR count). The molecule has 0 spiro atoms. The van der Waals surface area contributed by atoms with E-state index in [2.05, 4.69) is 10.0 Å². The van der Waals surface area contributed by atoms with Gasteiger partial charge in [-0.1, -0.05) is 11.6 Å². The van der Waals surface area contributed by atoms with Gasteiger partial charge >= 0.3 is 0 Å². The van der Waals surface area contributed by atoms with Gasteiger partial charge in [0.25, 0.3) is 5.91 Å². The number of hydrogen-bond acceptors (Lipinski definition) is 4. The fourth-order valence-corrected chi connectivity index (χ4v) is 4.21. The van der Waals surface area contributed by atoms with Crippen LogP contribution in [0.15, 0.2) is 63.9 Å². The Balaban J connectivity index is 1.72. The third kappa shape index (κ3) is 5.27. The molecule has 1 amide bonds. The van der Waals surface area contributed by atoms with Gasteiger partial charge in [-0.15, -0.1) is 0 Å². The van der Waals surface area contributed by atoms with Crippen molar-refractivity contribution < 1.29 is 22.0 Å². The number of carbonyl (C=O) groups excluding carboxylic acids is 1. The number of hydrogen-bond donors (Lipinski definition) is 2. The third-order valence-electron chi connectivity index (χ3n) is 4.10. The van der Waals surface area contributed by atoms with Crippen molar-refractivity contribution in [3.05, 3.63) is 76.8 Å². The summed E-state index contributed by atoms with van der Waals surface area (Å²) in [7, 11) is -3.76. The first-order valence-corrected chi connectivity index (χ1v) is 11.0. The molecule has 158 valence electrons. The van der Waals surface area contributed by atoms with Crippen molar-refractivity contribution in [3.63, 3.8) is 0 Å². The van der Waals surface area contributed by atoms with Gasteiger partial charge in [-0.05, 0) is 68.4 Å². The van der Waals surface area contributed by atoms with Crippen LogP contribution in [0.5, 0.6) is 0 Å². The minimum Gasteiger partial charge on any atom is -0.459 e. The van der Waals surface area contributed by atoms with E-state index in [1.165, 1.54) is 30.3 Å². The second-order valence-corrected chi connectivity index (χ2v) is 8.99. The average Bonchev–Trinajstić information content (AvgIpc) is 3.15. The van der Waals surface area contributed by atoms with Gasteiger partial charge in [0.2, 0.25) is 10.0 Å². The molecule has 6 nitrogen and oxygen atoms in total. The molecule has 2 N–H and O–H groups in total. The Morgan fingerprint density at radius 1 is 1.10 bits per heavy atom. The minimum atomic E-state index is -3.76. The fourth-order valence-electron chi connectivity index (χ4n) is 2.73. The van der Waals surface area contributed by atoms with Crippen molar-refractivity contribution in [1.29, 1.82) is 0 Å². The third-order valence-corrected chi connectivity index (χ3v) is 6.08. The number of halogens is 2. The van der Waals surface area contributed by atoms with Gasteiger partial charge in [-0.3, -0.25) is 4.79 Å². The molecule has 1 heterocycles. The zero-order valence-electron chi connectivity index (χ0n) is 16.3. The molecule has 30 heavy (non-hydrogen) atoms. The average molecular weight is 451 g/mol. The van der Waals surface area contributed by atoms with Crippen molar-refractivity contribution in [2.24, 2.45) is 0 Å². The Morgan fingerprint density at radius 2 is 1.80 bits per heavy atom. The van der Waals surface area contributed by atoms with Gasteiger partial charge in [0, 0.05) is 11.6 Å². The molecule has 1 aromatic heterocycles. The van der Waals surface area contributed by atoms with Crippen molar-refractivity contribution in [3.8, 4) is 11.3 Å². The van der Waals surface area contributed by atoms with Gasteiger partial charge in [0.05, 0.1) is 22.0 Å². The molecule has 0 radical (unpaired) electrons. The topological polar surface area (TPSA) is 88.4 Å². The highest BCUT2D eigenvalue weighted by atomic mass is 35.5. The van der Waals surface area contributed by atoms with Crippen LogP contribution in [-0.2, 0) is 16.6 Å². The maximum absolute atomic E-state index is 13.0. The van der Waals surface area contributed by atoms with E-state index in [9.17, 15) is 17.6 Å². The van der Waals surface area contributed by atoms with Crippen LogP contribution >= 0.6 is 11.6 Å². The van der Waals surface area contributed by atoms with Crippen LogP contribution in [0.4, 0.5) is 4.39 Å². The van der Waals surface area contributed by atoms with E-state index in [1.54, 1.807) is 38.1 Å².